The maximum Gasteiger partial charge on any atom is 0.317 e. The van der Waals surface area contributed by atoms with Crippen molar-refractivity contribution in [2.75, 3.05) is 13.1 Å². The Morgan fingerprint density at radius 2 is 1.94 bits per heavy atom. The maximum absolute atomic E-state index is 10.5. The standard InChI is InChI=1S/C8H12N4O4/c1-11-5-9-10-6(11)2-12(3-7(13)14)4-8(15)16/h5H,2-4H2,1H3,(H,13,14)(H,15,16). The highest BCUT2D eigenvalue weighted by atomic mass is 16.4. The highest BCUT2D eigenvalue weighted by Crippen LogP contribution is 1.99. The lowest BCUT2D eigenvalue weighted by Crippen LogP contribution is -2.34. The normalized spacial score (nSPS) is 10.6. The summed E-state index contributed by atoms with van der Waals surface area (Å²) in [6.45, 7) is -0.562. The van der Waals surface area contributed by atoms with Gasteiger partial charge in [-0.3, -0.25) is 14.5 Å². The molecule has 0 atom stereocenters. The number of carboxylic acid groups (broad SMARTS) is 2. The van der Waals surface area contributed by atoms with Crippen molar-refractivity contribution in [1.29, 1.82) is 0 Å². The van der Waals surface area contributed by atoms with Crippen LogP contribution in [0.5, 0.6) is 0 Å². The van der Waals surface area contributed by atoms with Crippen molar-refractivity contribution in [3.63, 3.8) is 0 Å². The van der Waals surface area contributed by atoms with E-state index in [4.69, 9.17) is 10.2 Å². The van der Waals surface area contributed by atoms with Gasteiger partial charge in [-0.1, -0.05) is 0 Å². The third kappa shape index (κ3) is 3.65. The molecule has 1 aromatic rings. The second-order valence-corrected chi connectivity index (χ2v) is 3.29. The molecule has 0 aromatic carbocycles. The molecule has 0 aliphatic heterocycles. The van der Waals surface area contributed by atoms with Crippen LogP contribution in [0.15, 0.2) is 6.33 Å². The number of aliphatic carboxylic acids is 2. The highest BCUT2D eigenvalue weighted by Gasteiger charge is 2.15. The molecule has 88 valence electrons. The first kappa shape index (κ1) is 12.1. The highest BCUT2D eigenvalue weighted by molar-refractivity contribution is 5.72. The van der Waals surface area contributed by atoms with Crippen LogP contribution in [-0.2, 0) is 23.2 Å². The third-order valence-corrected chi connectivity index (χ3v) is 1.89. The number of aromatic nitrogens is 3. The predicted octanol–water partition coefficient (Wildman–Crippen LogP) is -1.21. The second kappa shape index (κ2) is 5.21. The van der Waals surface area contributed by atoms with Gasteiger partial charge >= 0.3 is 11.9 Å². The van der Waals surface area contributed by atoms with Gasteiger partial charge < -0.3 is 14.8 Å². The molecule has 1 aromatic heterocycles. The zero-order valence-corrected chi connectivity index (χ0v) is 8.70. The first-order chi connectivity index (χ1) is 7.49. The fourth-order valence-electron chi connectivity index (χ4n) is 1.20. The summed E-state index contributed by atoms with van der Waals surface area (Å²) in [6.07, 6.45) is 1.47. The third-order valence-electron chi connectivity index (χ3n) is 1.89. The Labute approximate surface area is 91.1 Å². The number of hydrogen-bond acceptors (Lipinski definition) is 5. The average molecular weight is 228 g/mol. The minimum absolute atomic E-state index is 0.134. The van der Waals surface area contributed by atoms with E-state index in [1.165, 1.54) is 11.2 Å². The minimum atomic E-state index is -1.08. The van der Waals surface area contributed by atoms with E-state index >= 15 is 0 Å². The van der Waals surface area contributed by atoms with E-state index in [1.807, 2.05) is 0 Å². The van der Waals surface area contributed by atoms with E-state index in [-0.39, 0.29) is 19.6 Å². The molecule has 0 fully saturated rings. The molecule has 0 saturated carbocycles. The summed E-state index contributed by atoms with van der Waals surface area (Å²) in [4.78, 5) is 22.3. The van der Waals surface area contributed by atoms with Crippen LogP contribution >= 0.6 is 0 Å². The first-order valence-electron chi connectivity index (χ1n) is 4.48. The van der Waals surface area contributed by atoms with E-state index < -0.39 is 11.9 Å². The molecule has 0 radical (unpaired) electrons. The van der Waals surface area contributed by atoms with Gasteiger partial charge in [-0.15, -0.1) is 10.2 Å². The van der Waals surface area contributed by atoms with E-state index in [9.17, 15) is 9.59 Å². The van der Waals surface area contributed by atoms with E-state index in [0.29, 0.717) is 5.82 Å². The number of carbonyl (C=O) groups is 2. The summed E-state index contributed by atoms with van der Waals surface area (Å²) in [5, 5.41) is 24.6. The Morgan fingerprint density at radius 1 is 1.38 bits per heavy atom. The molecule has 0 bridgehead atoms. The van der Waals surface area contributed by atoms with Crippen molar-refractivity contribution in [3.8, 4) is 0 Å². The average Bonchev–Trinajstić information content (AvgIpc) is 2.49. The molecule has 0 unspecified atom stereocenters. The fraction of sp³-hybridized carbons (Fsp3) is 0.500. The van der Waals surface area contributed by atoms with Crippen LogP contribution in [0.25, 0.3) is 0 Å². The molecule has 0 aliphatic rings. The molecule has 0 amide bonds. The van der Waals surface area contributed by atoms with Gasteiger partial charge in [0.25, 0.3) is 0 Å². The molecule has 2 N–H and O–H groups in total. The maximum atomic E-state index is 10.5. The molecule has 0 aliphatic carbocycles. The van der Waals surface area contributed by atoms with Crippen molar-refractivity contribution >= 4 is 11.9 Å². The summed E-state index contributed by atoms with van der Waals surface area (Å²) in [7, 11) is 1.70. The van der Waals surface area contributed by atoms with Crippen molar-refractivity contribution in [2.45, 2.75) is 6.54 Å². The lowest BCUT2D eigenvalue weighted by molar-refractivity contribution is -0.142. The Kier molecular flexibility index (Phi) is 3.95. The Bertz CT molecular complexity index is 373. The predicted molar refractivity (Wildman–Crippen MR) is 51.6 cm³/mol. The van der Waals surface area contributed by atoms with Gasteiger partial charge in [0.1, 0.15) is 12.2 Å². The summed E-state index contributed by atoms with van der Waals surface area (Å²) < 4.78 is 1.61. The van der Waals surface area contributed by atoms with Crippen LogP contribution in [0.1, 0.15) is 5.82 Å². The zero-order valence-electron chi connectivity index (χ0n) is 8.70. The molecule has 1 heterocycles. The molecule has 8 heteroatoms. The zero-order chi connectivity index (χ0) is 12.1. The van der Waals surface area contributed by atoms with E-state index in [2.05, 4.69) is 10.2 Å². The summed E-state index contributed by atoms with van der Waals surface area (Å²) in [5.41, 5.74) is 0. The second-order valence-electron chi connectivity index (χ2n) is 3.29. The van der Waals surface area contributed by atoms with Gasteiger partial charge in [0.15, 0.2) is 0 Å². The minimum Gasteiger partial charge on any atom is -0.480 e. The first-order valence-corrected chi connectivity index (χ1v) is 4.48. The van der Waals surface area contributed by atoms with E-state index in [0.717, 1.165) is 0 Å². The van der Waals surface area contributed by atoms with Crippen LogP contribution in [0, 0.1) is 0 Å². The van der Waals surface area contributed by atoms with Crippen LogP contribution in [0.2, 0.25) is 0 Å². The lowest BCUT2D eigenvalue weighted by atomic mass is 10.4. The van der Waals surface area contributed by atoms with Crippen LogP contribution < -0.4 is 0 Å². The molecule has 1 rings (SSSR count). The van der Waals surface area contributed by atoms with Crippen LogP contribution in [-0.4, -0.2) is 54.9 Å². The Balaban J connectivity index is 2.66. The molecule has 8 nitrogen and oxygen atoms in total. The Morgan fingerprint density at radius 3 is 2.31 bits per heavy atom. The smallest absolute Gasteiger partial charge is 0.317 e. The summed E-state index contributed by atoms with van der Waals surface area (Å²) in [5.74, 6) is -1.64. The number of nitrogens with zero attached hydrogens (tertiary/aromatic N) is 4. The van der Waals surface area contributed by atoms with Gasteiger partial charge in [-0.05, 0) is 0 Å². The van der Waals surface area contributed by atoms with Crippen LogP contribution in [0.3, 0.4) is 0 Å². The number of hydrogen-bond donors (Lipinski definition) is 2. The number of rotatable bonds is 6. The fourth-order valence-corrected chi connectivity index (χ4v) is 1.20. The van der Waals surface area contributed by atoms with Crippen molar-refractivity contribution in [2.24, 2.45) is 7.05 Å². The summed E-state index contributed by atoms with van der Waals surface area (Å²) in [6, 6.07) is 0. The van der Waals surface area contributed by atoms with Gasteiger partial charge in [0, 0.05) is 7.05 Å². The van der Waals surface area contributed by atoms with Crippen molar-refractivity contribution in [3.05, 3.63) is 12.2 Å². The van der Waals surface area contributed by atoms with Crippen molar-refractivity contribution in [1.82, 2.24) is 19.7 Å². The number of aryl methyl sites for hydroxylation is 1. The topological polar surface area (TPSA) is 109 Å². The van der Waals surface area contributed by atoms with Gasteiger partial charge in [0.05, 0.1) is 19.6 Å². The monoisotopic (exact) mass is 228 g/mol. The molecule has 16 heavy (non-hydrogen) atoms. The molecule has 0 spiro atoms. The number of carboxylic acids is 2. The van der Waals surface area contributed by atoms with Gasteiger partial charge in [0.2, 0.25) is 0 Å². The Hall–Kier alpha value is -1.96. The summed E-state index contributed by atoms with van der Waals surface area (Å²) >= 11 is 0. The van der Waals surface area contributed by atoms with E-state index in [1.54, 1.807) is 11.6 Å². The van der Waals surface area contributed by atoms with Gasteiger partial charge in [-0.2, -0.15) is 0 Å². The SMILES string of the molecule is Cn1cnnc1CN(CC(=O)O)CC(=O)O. The quantitative estimate of drug-likeness (QED) is 0.628. The van der Waals surface area contributed by atoms with Gasteiger partial charge in [-0.25, -0.2) is 0 Å². The molecular formula is C8H12N4O4. The lowest BCUT2D eigenvalue weighted by Gasteiger charge is -2.16. The van der Waals surface area contributed by atoms with Crippen LogP contribution in [0.4, 0.5) is 0 Å². The largest absolute Gasteiger partial charge is 0.480 e. The molecular weight excluding hydrogens is 216 g/mol. The van der Waals surface area contributed by atoms with Crippen molar-refractivity contribution < 1.29 is 19.8 Å². The molecule has 0 saturated heterocycles.